The molecule has 0 bridgehead atoms. The summed E-state index contributed by atoms with van der Waals surface area (Å²) in [6, 6.07) is 0. The quantitative estimate of drug-likeness (QED) is 0.0146. The minimum Gasteiger partial charge on any atom is -0.463 e. The van der Waals surface area contributed by atoms with E-state index in [0.717, 1.165) is 148 Å². The molecule has 0 aromatic heterocycles. The van der Waals surface area contributed by atoms with E-state index in [2.05, 4.69) is 130 Å². The summed E-state index contributed by atoms with van der Waals surface area (Å²) < 4.78 is 61.0. The summed E-state index contributed by atoms with van der Waals surface area (Å²) in [7, 11) is -9.78. The number of unbranched alkanes of at least 4 members (excludes halogenated alkanes) is 29. The molecule has 0 rings (SSSR count). The highest BCUT2D eigenvalue weighted by Gasteiger charge is 2.29. The highest BCUT2D eigenvalue weighted by Crippen LogP contribution is 2.45. The molecule has 0 aromatic carbocycles. The fourth-order valence-corrected chi connectivity index (χ4v) is 11.4. The molecule has 0 heterocycles. The molecule has 0 aliphatic heterocycles. The standard InChI is InChI=1S/C77H134O16P2/c1-4-7-10-13-16-19-22-25-28-29-30-31-32-33-34-35-36-37-38-39-40-41-44-46-48-51-54-57-60-63-75(80)87-66-72(78)67-89-94(83,84)90-68-73(79)69-91-95(85,86)92-71-74(93-77(82)65-62-59-56-53-50-47-43-27-24-21-18-15-12-9-6-3)70-88-76(81)64-61-58-55-52-49-45-42-26-23-20-17-14-11-8-5-2/h7-8,10-11,16-17,19-20,25-28,30-31,33-34,42-43,72-74,78-79H,4-6,9,12-15,18,21-24,29,32,35-41,44-71H2,1-3H3,(H,83,84)(H,85,86)/b10-7-,11-8-,19-16-,20-17-,28-25-,31-30-,34-33-,42-26-,43-27-. The molecule has 0 aliphatic carbocycles. The summed E-state index contributed by atoms with van der Waals surface area (Å²) in [5.41, 5.74) is 0. The Morgan fingerprint density at radius 2 is 0.558 bits per heavy atom. The van der Waals surface area contributed by atoms with E-state index in [1.165, 1.54) is 96.3 Å². The number of hydrogen-bond acceptors (Lipinski definition) is 14. The molecule has 5 unspecified atom stereocenters. The first kappa shape index (κ1) is 91.2. The van der Waals surface area contributed by atoms with Crippen molar-refractivity contribution in [2.24, 2.45) is 0 Å². The first-order valence-corrected chi connectivity index (χ1v) is 40.2. The molecule has 0 saturated heterocycles. The number of esters is 3. The zero-order chi connectivity index (χ0) is 69.5. The van der Waals surface area contributed by atoms with Crippen molar-refractivity contribution in [2.75, 3.05) is 39.6 Å². The van der Waals surface area contributed by atoms with Gasteiger partial charge >= 0.3 is 33.6 Å². The van der Waals surface area contributed by atoms with Crippen molar-refractivity contribution in [3.05, 3.63) is 109 Å². The van der Waals surface area contributed by atoms with Gasteiger partial charge < -0.3 is 34.2 Å². The first-order valence-electron chi connectivity index (χ1n) is 37.2. The van der Waals surface area contributed by atoms with Gasteiger partial charge in [0.05, 0.1) is 26.4 Å². The van der Waals surface area contributed by atoms with Gasteiger partial charge in [-0.2, -0.15) is 0 Å². The van der Waals surface area contributed by atoms with Crippen LogP contribution in [0.5, 0.6) is 0 Å². The maximum atomic E-state index is 12.9. The van der Waals surface area contributed by atoms with E-state index in [1.807, 2.05) is 0 Å². The number of hydrogen-bond donors (Lipinski definition) is 4. The van der Waals surface area contributed by atoms with E-state index < -0.39 is 91.5 Å². The van der Waals surface area contributed by atoms with Crippen LogP contribution in [0.15, 0.2) is 109 Å². The van der Waals surface area contributed by atoms with Crippen molar-refractivity contribution < 1.29 is 75.8 Å². The van der Waals surface area contributed by atoms with Crippen LogP contribution in [-0.2, 0) is 55.8 Å². The fraction of sp³-hybridized carbons (Fsp3) is 0.727. The van der Waals surface area contributed by atoms with Crippen molar-refractivity contribution in [1.82, 2.24) is 0 Å². The summed E-state index contributed by atoms with van der Waals surface area (Å²) >= 11 is 0. The number of phosphoric ester groups is 2. The molecule has 4 N–H and O–H groups in total. The van der Waals surface area contributed by atoms with Crippen molar-refractivity contribution in [3.63, 3.8) is 0 Å². The number of ether oxygens (including phenoxy) is 3. The molecule has 0 aromatic rings. The molecule has 0 aliphatic rings. The van der Waals surface area contributed by atoms with Crippen LogP contribution >= 0.6 is 15.6 Å². The molecule has 0 amide bonds. The third kappa shape index (κ3) is 71.3. The predicted molar refractivity (Wildman–Crippen MR) is 390 cm³/mol. The van der Waals surface area contributed by atoms with E-state index in [4.69, 9.17) is 32.3 Å². The zero-order valence-electron chi connectivity index (χ0n) is 59.6. The van der Waals surface area contributed by atoms with Crippen molar-refractivity contribution in [1.29, 1.82) is 0 Å². The van der Waals surface area contributed by atoms with Crippen LogP contribution in [0.4, 0.5) is 0 Å². The lowest BCUT2D eigenvalue weighted by molar-refractivity contribution is -0.161. The number of carbonyl (C=O) groups excluding carboxylic acids is 3. The Morgan fingerprint density at radius 1 is 0.305 bits per heavy atom. The minimum absolute atomic E-state index is 0.0908. The summed E-state index contributed by atoms with van der Waals surface area (Å²) in [5.74, 6) is -1.60. The minimum atomic E-state index is -4.93. The molecule has 95 heavy (non-hydrogen) atoms. The molecular formula is C77H134O16P2. The van der Waals surface area contributed by atoms with Crippen LogP contribution in [-0.4, -0.2) is 95.9 Å². The van der Waals surface area contributed by atoms with Gasteiger partial charge in [0, 0.05) is 19.3 Å². The van der Waals surface area contributed by atoms with Crippen LogP contribution in [0.1, 0.15) is 303 Å². The van der Waals surface area contributed by atoms with Crippen LogP contribution in [0.3, 0.4) is 0 Å². The number of allylic oxidation sites excluding steroid dienone is 18. The lowest BCUT2D eigenvalue weighted by Gasteiger charge is -2.21. The smallest absolute Gasteiger partial charge is 0.463 e. The Balaban J connectivity index is 4.48. The first-order chi connectivity index (χ1) is 46.2. The van der Waals surface area contributed by atoms with Crippen LogP contribution in [0, 0.1) is 0 Å². The monoisotopic (exact) mass is 1380 g/mol. The van der Waals surface area contributed by atoms with Gasteiger partial charge in [0.2, 0.25) is 0 Å². The third-order valence-corrected chi connectivity index (χ3v) is 17.4. The molecule has 18 heteroatoms. The molecule has 16 nitrogen and oxygen atoms in total. The summed E-state index contributed by atoms with van der Waals surface area (Å²) in [4.78, 5) is 58.5. The summed E-state index contributed by atoms with van der Waals surface area (Å²) in [6.45, 7) is 2.43. The zero-order valence-corrected chi connectivity index (χ0v) is 61.4. The van der Waals surface area contributed by atoms with Gasteiger partial charge in [-0.1, -0.05) is 271 Å². The largest absolute Gasteiger partial charge is 0.472 e. The van der Waals surface area contributed by atoms with Gasteiger partial charge in [0.25, 0.3) is 0 Å². The Labute approximate surface area is 577 Å². The van der Waals surface area contributed by atoms with E-state index >= 15 is 0 Å². The van der Waals surface area contributed by atoms with Gasteiger partial charge in [-0.25, -0.2) is 9.13 Å². The number of rotatable bonds is 70. The number of aliphatic hydroxyl groups is 2. The molecule has 548 valence electrons. The van der Waals surface area contributed by atoms with Gasteiger partial charge in [-0.3, -0.25) is 32.5 Å². The number of carbonyl (C=O) groups is 3. The number of phosphoric acid groups is 2. The van der Waals surface area contributed by atoms with Gasteiger partial charge in [-0.05, 0) is 122 Å². The Hall–Kier alpha value is -3.79. The topological polar surface area (TPSA) is 231 Å². The summed E-state index contributed by atoms with van der Waals surface area (Å²) in [5, 5.41) is 20.6. The second kappa shape index (κ2) is 70.1. The van der Waals surface area contributed by atoms with Gasteiger partial charge in [0.1, 0.15) is 25.4 Å². The van der Waals surface area contributed by atoms with E-state index in [9.17, 15) is 43.5 Å². The normalized spacial score (nSPS) is 14.7. The Morgan fingerprint density at radius 3 is 0.895 bits per heavy atom. The molecule has 0 radical (unpaired) electrons. The maximum absolute atomic E-state index is 12.9. The lowest BCUT2D eigenvalue weighted by atomic mass is 10.0. The SMILES string of the molecule is CC/C=C\C/C=C\C/C=C\C/C=C\C/C=C\CCCCCCCCCCCCCCCC(=O)OCC(O)COP(=O)(O)OCC(O)COP(=O)(O)OCC(COC(=O)CCCCCCC/C=C\C/C=C\C/C=C\CC)OC(=O)CCCCCCC/C=C\CCCCCCCC. The molecular weight excluding hydrogens is 1240 g/mol. The van der Waals surface area contributed by atoms with E-state index in [-0.39, 0.29) is 19.3 Å². The van der Waals surface area contributed by atoms with Gasteiger partial charge in [0.15, 0.2) is 6.10 Å². The fourth-order valence-electron chi connectivity index (χ4n) is 9.84. The average molecular weight is 1380 g/mol. The van der Waals surface area contributed by atoms with Crippen LogP contribution < -0.4 is 0 Å². The molecule has 0 fully saturated rings. The maximum Gasteiger partial charge on any atom is 0.472 e. The molecule has 5 atom stereocenters. The van der Waals surface area contributed by atoms with Crippen LogP contribution in [0.25, 0.3) is 0 Å². The summed E-state index contributed by atoms with van der Waals surface area (Å²) in [6.07, 6.45) is 80.0. The third-order valence-electron chi connectivity index (χ3n) is 15.5. The van der Waals surface area contributed by atoms with Crippen LogP contribution in [0.2, 0.25) is 0 Å². The molecule has 0 spiro atoms. The predicted octanol–water partition coefficient (Wildman–Crippen LogP) is 21.2. The molecule has 0 saturated carbocycles. The number of aliphatic hydroxyl groups excluding tert-OH is 2. The highest BCUT2D eigenvalue weighted by atomic mass is 31.2. The van der Waals surface area contributed by atoms with Crippen molar-refractivity contribution >= 4 is 33.6 Å². The average Bonchev–Trinajstić information content (AvgIpc) is 1.83. The Bertz CT molecular complexity index is 2170. The second-order valence-electron chi connectivity index (χ2n) is 24.7. The second-order valence-corrected chi connectivity index (χ2v) is 27.6. The Kier molecular flexibility index (Phi) is 67.3. The van der Waals surface area contributed by atoms with Crippen molar-refractivity contribution in [3.8, 4) is 0 Å². The van der Waals surface area contributed by atoms with Gasteiger partial charge in [-0.15, -0.1) is 0 Å². The van der Waals surface area contributed by atoms with Crippen molar-refractivity contribution in [2.45, 2.75) is 322 Å². The van der Waals surface area contributed by atoms with E-state index in [0.29, 0.717) is 19.3 Å². The van der Waals surface area contributed by atoms with E-state index in [1.54, 1.807) is 0 Å². The highest BCUT2D eigenvalue weighted by molar-refractivity contribution is 7.47. The lowest BCUT2D eigenvalue weighted by Crippen LogP contribution is -2.30.